The molecule has 0 aliphatic carbocycles. The lowest BCUT2D eigenvalue weighted by atomic mass is 10.1. The van der Waals surface area contributed by atoms with E-state index >= 15 is 0 Å². The van der Waals surface area contributed by atoms with Gasteiger partial charge in [-0.3, -0.25) is 4.79 Å². The van der Waals surface area contributed by atoms with Crippen molar-refractivity contribution in [3.63, 3.8) is 0 Å². The third kappa shape index (κ3) is 5.94. The summed E-state index contributed by atoms with van der Waals surface area (Å²) in [5.41, 5.74) is 1.79. The van der Waals surface area contributed by atoms with Crippen LogP contribution in [0.4, 0.5) is 0 Å². The van der Waals surface area contributed by atoms with Crippen LogP contribution in [-0.2, 0) is 6.54 Å². The first-order chi connectivity index (χ1) is 9.56. The largest absolute Gasteiger partial charge is 0.396 e. The summed E-state index contributed by atoms with van der Waals surface area (Å²) < 4.78 is 0. The highest BCUT2D eigenvalue weighted by Gasteiger charge is 2.13. The van der Waals surface area contributed by atoms with Crippen LogP contribution in [0.2, 0.25) is 0 Å². The van der Waals surface area contributed by atoms with Gasteiger partial charge in [0.25, 0.3) is 5.91 Å². The Kier molecular flexibility index (Phi) is 7.65. The molecule has 0 fully saturated rings. The van der Waals surface area contributed by atoms with Crippen molar-refractivity contribution in [2.45, 2.75) is 19.0 Å². The van der Waals surface area contributed by atoms with Crippen LogP contribution in [0.5, 0.6) is 0 Å². The van der Waals surface area contributed by atoms with Crippen molar-refractivity contribution < 1.29 is 9.90 Å². The Hall–Kier alpha value is -1.04. The quantitative estimate of drug-likeness (QED) is 0.765. The minimum atomic E-state index is -0.0712. The van der Waals surface area contributed by atoms with E-state index in [9.17, 15) is 4.79 Å². The molecule has 2 N–H and O–H groups in total. The minimum Gasteiger partial charge on any atom is -0.396 e. The topological polar surface area (TPSA) is 52.6 Å². The lowest BCUT2D eigenvalue weighted by Crippen LogP contribution is -2.37. The highest BCUT2D eigenvalue weighted by Crippen LogP contribution is 2.09. The molecule has 0 saturated heterocycles. The molecule has 0 radical (unpaired) electrons. The molecule has 0 aliphatic heterocycles. The van der Waals surface area contributed by atoms with Crippen molar-refractivity contribution in [2.75, 3.05) is 32.7 Å². The molecule has 1 aromatic carbocycles. The van der Waals surface area contributed by atoms with Crippen LogP contribution in [0.25, 0.3) is 0 Å². The molecule has 0 bridgehead atoms. The van der Waals surface area contributed by atoms with Gasteiger partial charge in [-0.05, 0) is 44.5 Å². The van der Waals surface area contributed by atoms with Gasteiger partial charge >= 0.3 is 0 Å². The van der Waals surface area contributed by atoms with Gasteiger partial charge in [-0.2, -0.15) is 11.8 Å². The standard InChI is InChI=1S/C15H24N2O2S/c1-17(2)10-12-5-4-6-13(9-12)15(19)16-14(7-8-18)11-20-3/h4-6,9,14,18H,7-8,10-11H2,1-3H3,(H,16,19). The number of aliphatic hydroxyl groups excluding tert-OH is 1. The van der Waals surface area contributed by atoms with E-state index in [0.717, 1.165) is 17.9 Å². The Bertz CT molecular complexity index is 418. The molecule has 1 amide bonds. The van der Waals surface area contributed by atoms with Gasteiger partial charge in [0.1, 0.15) is 0 Å². The molecular formula is C15H24N2O2S. The van der Waals surface area contributed by atoms with E-state index in [0.29, 0.717) is 12.0 Å². The maximum atomic E-state index is 12.2. The molecule has 1 unspecified atom stereocenters. The second kappa shape index (κ2) is 9.00. The van der Waals surface area contributed by atoms with Crippen molar-refractivity contribution in [3.8, 4) is 0 Å². The lowest BCUT2D eigenvalue weighted by molar-refractivity contribution is 0.0935. The summed E-state index contributed by atoms with van der Waals surface area (Å²) in [7, 11) is 4.00. The Morgan fingerprint density at radius 1 is 1.45 bits per heavy atom. The van der Waals surface area contributed by atoms with Gasteiger partial charge < -0.3 is 15.3 Å². The first-order valence-electron chi connectivity index (χ1n) is 6.71. The van der Waals surface area contributed by atoms with Crippen LogP contribution in [0.15, 0.2) is 24.3 Å². The molecule has 1 atom stereocenters. The number of nitrogens with zero attached hydrogens (tertiary/aromatic N) is 1. The van der Waals surface area contributed by atoms with E-state index in [2.05, 4.69) is 10.2 Å². The van der Waals surface area contributed by atoms with Crippen molar-refractivity contribution in [2.24, 2.45) is 0 Å². The molecule has 0 saturated carbocycles. The van der Waals surface area contributed by atoms with Gasteiger partial charge in [0.05, 0.1) is 0 Å². The molecule has 0 aromatic heterocycles. The van der Waals surface area contributed by atoms with E-state index in [1.54, 1.807) is 11.8 Å². The monoisotopic (exact) mass is 296 g/mol. The average Bonchev–Trinajstić information content (AvgIpc) is 2.38. The summed E-state index contributed by atoms with van der Waals surface area (Å²) in [6, 6.07) is 7.68. The number of hydrogen-bond donors (Lipinski definition) is 2. The maximum absolute atomic E-state index is 12.2. The molecule has 4 nitrogen and oxygen atoms in total. The van der Waals surface area contributed by atoms with Gasteiger partial charge in [0.2, 0.25) is 0 Å². The summed E-state index contributed by atoms with van der Waals surface area (Å²) in [4.78, 5) is 14.3. The van der Waals surface area contributed by atoms with E-state index in [1.165, 1.54) is 0 Å². The van der Waals surface area contributed by atoms with Crippen LogP contribution in [0.3, 0.4) is 0 Å². The molecule has 20 heavy (non-hydrogen) atoms. The zero-order valence-corrected chi connectivity index (χ0v) is 13.2. The van der Waals surface area contributed by atoms with Crippen LogP contribution >= 0.6 is 11.8 Å². The summed E-state index contributed by atoms with van der Waals surface area (Å²) in [6.45, 7) is 0.901. The van der Waals surface area contributed by atoms with Crippen molar-refractivity contribution >= 4 is 17.7 Å². The third-order valence-electron chi connectivity index (χ3n) is 2.87. The number of amides is 1. The highest BCUT2D eigenvalue weighted by atomic mass is 32.2. The highest BCUT2D eigenvalue weighted by molar-refractivity contribution is 7.98. The number of benzene rings is 1. The molecule has 112 valence electrons. The minimum absolute atomic E-state index is 0.0139. The molecule has 1 aromatic rings. The number of aliphatic hydroxyl groups is 1. The SMILES string of the molecule is CSCC(CCO)NC(=O)c1cccc(CN(C)C)c1. The Balaban J connectivity index is 2.70. The number of carbonyl (C=O) groups is 1. The molecule has 5 heteroatoms. The van der Waals surface area contributed by atoms with Crippen LogP contribution in [-0.4, -0.2) is 54.7 Å². The first kappa shape index (κ1) is 17.0. The first-order valence-corrected chi connectivity index (χ1v) is 8.10. The number of hydrogen-bond acceptors (Lipinski definition) is 4. The van der Waals surface area contributed by atoms with Crippen LogP contribution in [0, 0.1) is 0 Å². The number of carbonyl (C=O) groups excluding carboxylic acids is 1. The van der Waals surface area contributed by atoms with E-state index in [1.807, 2.05) is 44.6 Å². The van der Waals surface area contributed by atoms with Crippen molar-refractivity contribution in [1.82, 2.24) is 10.2 Å². The lowest BCUT2D eigenvalue weighted by Gasteiger charge is -2.17. The molecule has 0 heterocycles. The molecule has 1 rings (SSSR count). The number of nitrogens with one attached hydrogen (secondary N) is 1. The zero-order valence-electron chi connectivity index (χ0n) is 12.4. The fraction of sp³-hybridized carbons (Fsp3) is 0.533. The Morgan fingerprint density at radius 2 is 2.20 bits per heavy atom. The summed E-state index contributed by atoms with van der Waals surface area (Å²) in [6.07, 6.45) is 2.58. The Morgan fingerprint density at radius 3 is 2.80 bits per heavy atom. The molecule has 0 spiro atoms. The Labute approximate surface area is 125 Å². The van der Waals surface area contributed by atoms with E-state index in [4.69, 9.17) is 5.11 Å². The van der Waals surface area contributed by atoms with Gasteiger partial charge in [0.15, 0.2) is 0 Å². The summed E-state index contributed by atoms with van der Waals surface area (Å²) in [5, 5.41) is 12.0. The predicted molar refractivity (Wildman–Crippen MR) is 85.2 cm³/mol. The normalized spacial score (nSPS) is 12.4. The van der Waals surface area contributed by atoms with Crippen LogP contribution < -0.4 is 5.32 Å². The van der Waals surface area contributed by atoms with Gasteiger partial charge in [-0.15, -0.1) is 0 Å². The van der Waals surface area contributed by atoms with Gasteiger partial charge in [-0.25, -0.2) is 0 Å². The fourth-order valence-electron chi connectivity index (χ4n) is 2.00. The maximum Gasteiger partial charge on any atom is 0.251 e. The second-order valence-corrected chi connectivity index (χ2v) is 5.99. The molecule has 0 aliphatic rings. The third-order valence-corrected chi connectivity index (χ3v) is 3.60. The molecular weight excluding hydrogens is 272 g/mol. The number of rotatable bonds is 8. The summed E-state index contributed by atoms with van der Waals surface area (Å²) >= 11 is 1.67. The van der Waals surface area contributed by atoms with E-state index < -0.39 is 0 Å². The zero-order chi connectivity index (χ0) is 15.0. The van der Waals surface area contributed by atoms with Gasteiger partial charge in [0, 0.05) is 30.5 Å². The fourth-order valence-corrected chi connectivity index (χ4v) is 2.65. The smallest absolute Gasteiger partial charge is 0.251 e. The second-order valence-electron chi connectivity index (χ2n) is 5.08. The average molecular weight is 296 g/mol. The van der Waals surface area contributed by atoms with Crippen molar-refractivity contribution in [3.05, 3.63) is 35.4 Å². The van der Waals surface area contributed by atoms with E-state index in [-0.39, 0.29) is 18.6 Å². The number of thioether (sulfide) groups is 1. The van der Waals surface area contributed by atoms with Gasteiger partial charge in [-0.1, -0.05) is 12.1 Å². The predicted octanol–water partition coefficient (Wildman–Crippen LogP) is 1.59. The summed E-state index contributed by atoms with van der Waals surface area (Å²) in [5.74, 6) is 0.738. The van der Waals surface area contributed by atoms with Crippen LogP contribution in [0.1, 0.15) is 22.3 Å². The van der Waals surface area contributed by atoms with Crippen molar-refractivity contribution in [1.29, 1.82) is 0 Å².